The van der Waals surface area contributed by atoms with E-state index in [0.717, 1.165) is 6.67 Å². The van der Waals surface area contributed by atoms with Gasteiger partial charge >= 0.3 is 87.9 Å². The first-order valence-corrected chi connectivity index (χ1v) is 17.8. The Bertz CT molecular complexity index is 893. The van der Waals surface area contributed by atoms with Gasteiger partial charge in [-0.15, -0.1) is 0 Å². The summed E-state index contributed by atoms with van der Waals surface area (Å²) in [6.07, 6.45) is 4.40. The molecule has 1 aliphatic heterocycles. The van der Waals surface area contributed by atoms with Crippen LogP contribution in [0.15, 0.2) is 36.7 Å². The van der Waals surface area contributed by atoms with Gasteiger partial charge in [0, 0.05) is 23.8 Å². The Balaban J connectivity index is 0.000000884. The van der Waals surface area contributed by atoms with E-state index in [1.54, 1.807) is 20.0 Å². The molecular weight excluding hydrogens is 856 g/mol. The third kappa shape index (κ3) is 12.0. The standard InChI is InChI=1S/C21H26N2.Ag.Au.ClH.6FH.Sb/c1-14-9-16(3)20(17(4)10-14)22-7-8-23(13-22)21-18(5)11-15(2)12-19(21)6;;;;;;;;;;/h7-12H,13H2,1-6H3;;;7*1H;/q;2*+1;;;;;;;;+5/p-7. The van der Waals surface area contributed by atoms with Crippen LogP contribution in [0, 0.1) is 41.5 Å². The van der Waals surface area contributed by atoms with Crippen LogP contribution in [0.2, 0.25) is 0 Å². The third-order valence-electron chi connectivity index (χ3n) is 4.58. The quantitative estimate of drug-likeness (QED) is 0.222. The van der Waals surface area contributed by atoms with E-state index in [2.05, 4.69) is 97.2 Å². The summed E-state index contributed by atoms with van der Waals surface area (Å²) in [5.74, 6) is 0. The van der Waals surface area contributed by atoms with Gasteiger partial charge in [0.2, 0.25) is 0 Å². The number of anilines is 2. The van der Waals surface area contributed by atoms with Crippen molar-refractivity contribution in [1.82, 2.24) is 0 Å². The number of rotatable bonds is 2. The maximum absolute atomic E-state index is 11.2. The number of aryl methyl sites for hydroxylation is 6. The maximum atomic E-state index is 9.93. The van der Waals surface area contributed by atoms with E-state index in [0.29, 0.717) is 0 Å². The summed E-state index contributed by atoms with van der Waals surface area (Å²) in [4.78, 5) is 4.70. The molecule has 2 aromatic rings. The Morgan fingerprint density at radius 1 is 0.636 bits per heavy atom. The summed E-state index contributed by atoms with van der Waals surface area (Å²) >= 11 is -9.50. The Kier molecular flexibility index (Phi) is 11.3. The molecule has 0 saturated carbocycles. The van der Waals surface area contributed by atoms with Gasteiger partial charge in [-0.1, -0.05) is 35.4 Å². The normalized spacial score (nSPS) is 14.9. The second-order valence-electron chi connectivity index (χ2n) is 7.83. The molecule has 196 valence electrons. The van der Waals surface area contributed by atoms with Gasteiger partial charge in [-0.3, -0.25) is 0 Å². The molecule has 0 N–H and O–H groups in total. The van der Waals surface area contributed by atoms with E-state index in [1.807, 2.05) is 0 Å². The first-order chi connectivity index (χ1) is 14.3. The number of benzene rings is 2. The number of nitrogens with zero attached hydrogens (tertiary/aromatic N) is 2. The molecule has 0 amide bonds. The molecular formula is C21H26AgAuClF6N2Sb. The van der Waals surface area contributed by atoms with E-state index >= 15 is 0 Å². The molecule has 2 nitrogen and oxygen atoms in total. The van der Waals surface area contributed by atoms with Gasteiger partial charge < -0.3 is 9.80 Å². The van der Waals surface area contributed by atoms with E-state index in [1.165, 1.54) is 44.8 Å². The zero-order valence-corrected chi connectivity index (χ0v) is 25.7. The summed E-state index contributed by atoms with van der Waals surface area (Å²) in [5, 5.41) is 0. The summed E-state index contributed by atoms with van der Waals surface area (Å²) in [6, 6.07) is 9.06. The minimum absolute atomic E-state index is 0. The van der Waals surface area contributed by atoms with Crippen LogP contribution < -0.4 is 9.80 Å². The predicted molar refractivity (Wildman–Crippen MR) is 119 cm³/mol. The van der Waals surface area contributed by atoms with Crippen LogP contribution in [0.1, 0.15) is 33.4 Å². The van der Waals surface area contributed by atoms with Crippen molar-refractivity contribution in [3.8, 4) is 0 Å². The van der Waals surface area contributed by atoms with Crippen LogP contribution in [0.5, 0.6) is 0 Å². The first-order valence-electron chi connectivity index (χ1n) is 9.37. The molecule has 0 aromatic heterocycles. The zero-order chi connectivity index (χ0) is 25.1. The fraction of sp³-hybridized carbons (Fsp3) is 0.333. The van der Waals surface area contributed by atoms with Crippen LogP contribution in [0.3, 0.4) is 0 Å². The van der Waals surface area contributed by atoms with Gasteiger partial charge in [-0.2, -0.15) is 0 Å². The fourth-order valence-corrected chi connectivity index (χ4v) is 3.96. The molecule has 12 heteroatoms. The van der Waals surface area contributed by atoms with Gasteiger partial charge in [0.05, 0.1) is 6.67 Å². The van der Waals surface area contributed by atoms with Crippen molar-refractivity contribution in [3.63, 3.8) is 0 Å². The molecule has 0 saturated heterocycles. The SMILES string of the molecule is Cc1cc(C)c(N2C=CN(c3c(C)cc(C)cc3C)C2)c(C)c1.[Ag+].[Cl][Au].[F][Sb-]([F])([F])([F])([F])[F]. The molecule has 0 fully saturated rings. The summed E-state index contributed by atoms with van der Waals surface area (Å²) in [7, 11) is 4.58. The monoisotopic (exact) mass is 880 g/mol. The molecule has 1 aliphatic rings. The van der Waals surface area contributed by atoms with Crippen LogP contribution in [-0.4, -0.2) is 26.1 Å². The van der Waals surface area contributed by atoms with Crippen LogP contribution in [0.25, 0.3) is 0 Å². The molecule has 0 aliphatic carbocycles. The summed E-state index contributed by atoms with van der Waals surface area (Å²) in [5.41, 5.74) is 10.7. The average Bonchev–Trinajstić information content (AvgIpc) is 3.01. The molecule has 0 spiro atoms. The second kappa shape index (κ2) is 11.3. The zero-order valence-electron chi connectivity index (χ0n) is 18.8. The van der Waals surface area contributed by atoms with Crippen LogP contribution in [0.4, 0.5) is 28.3 Å². The second-order valence-corrected chi connectivity index (χ2v) is 13.3. The van der Waals surface area contributed by atoms with Crippen molar-refractivity contribution in [3.05, 3.63) is 70.0 Å². The Morgan fingerprint density at radius 2 is 0.848 bits per heavy atom. The summed E-state index contributed by atoms with van der Waals surface area (Å²) in [6.45, 7) is 14.0. The van der Waals surface area contributed by atoms with Crippen molar-refractivity contribution in [2.45, 2.75) is 41.5 Å². The molecule has 0 atom stereocenters. The predicted octanol–water partition coefficient (Wildman–Crippen LogP) is 8.12. The molecule has 3 rings (SSSR count). The number of hydrogen-bond acceptors (Lipinski definition) is 2. The first kappa shape index (κ1) is 32.9. The Morgan fingerprint density at radius 3 is 1.06 bits per heavy atom. The number of halogens is 7. The fourth-order valence-electron chi connectivity index (χ4n) is 3.96. The molecule has 1 heterocycles. The van der Waals surface area contributed by atoms with Crippen molar-refractivity contribution < 1.29 is 59.2 Å². The van der Waals surface area contributed by atoms with Crippen LogP contribution in [-0.2, 0) is 42.4 Å². The molecule has 33 heavy (non-hydrogen) atoms. The summed E-state index contributed by atoms with van der Waals surface area (Å²) < 4.78 is 59.6. The van der Waals surface area contributed by atoms with Crippen LogP contribution >= 0.6 is 9.19 Å². The molecule has 0 bridgehead atoms. The van der Waals surface area contributed by atoms with E-state index in [4.69, 9.17) is 0 Å². The van der Waals surface area contributed by atoms with Gasteiger partial charge in [-0.25, -0.2) is 0 Å². The Hall–Kier alpha value is -0.0513. The average molecular weight is 882 g/mol. The van der Waals surface area contributed by atoms with Crippen molar-refractivity contribution in [1.29, 1.82) is 0 Å². The minimum atomic E-state index is -11.2. The Labute approximate surface area is 225 Å². The molecule has 2 aromatic carbocycles. The third-order valence-corrected chi connectivity index (χ3v) is 4.58. The topological polar surface area (TPSA) is 6.48 Å². The van der Waals surface area contributed by atoms with E-state index in [9.17, 15) is 16.9 Å². The number of hydrogen-bond donors (Lipinski definition) is 0. The van der Waals surface area contributed by atoms with Gasteiger partial charge in [-0.05, 0) is 63.8 Å². The molecule has 0 unspecified atom stereocenters. The van der Waals surface area contributed by atoms with E-state index in [-0.39, 0.29) is 22.4 Å². The molecule has 0 radical (unpaired) electrons. The van der Waals surface area contributed by atoms with Crippen molar-refractivity contribution in [2.75, 3.05) is 16.5 Å². The van der Waals surface area contributed by atoms with Gasteiger partial charge in [0.25, 0.3) is 0 Å². The van der Waals surface area contributed by atoms with Crippen molar-refractivity contribution in [2.24, 2.45) is 0 Å². The van der Waals surface area contributed by atoms with Crippen molar-refractivity contribution >= 4 is 40.0 Å². The van der Waals surface area contributed by atoms with E-state index < -0.39 is 19.5 Å². The van der Waals surface area contributed by atoms with Gasteiger partial charge in [0.15, 0.2) is 0 Å². The van der Waals surface area contributed by atoms with Gasteiger partial charge in [0.1, 0.15) is 0 Å².